The predicted molar refractivity (Wildman–Crippen MR) is 60.5 cm³/mol. The second-order valence-corrected chi connectivity index (χ2v) is 4.06. The Morgan fingerprint density at radius 1 is 1.36 bits per heavy atom. The van der Waals surface area contributed by atoms with E-state index in [-0.39, 0.29) is 12.0 Å². The van der Waals surface area contributed by atoms with E-state index in [1.165, 1.54) is 11.1 Å². The highest BCUT2D eigenvalue weighted by Gasteiger charge is 2.14. The molecule has 1 nitrogen and oxygen atoms in total. The van der Waals surface area contributed by atoms with Crippen LogP contribution in [-0.2, 0) is 0 Å². The van der Waals surface area contributed by atoms with Gasteiger partial charge in [0.25, 0.3) is 0 Å². The first-order valence-corrected chi connectivity index (χ1v) is 5.39. The Kier molecular flexibility index (Phi) is 4.15. The van der Waals surface area contributed by atoms with Gasteiger partial charge in [-0.2, -0.15) is 0 Å². The van der Waals surface area contributed by atoms with Gasteiger partial charge >= 0.3 is 0 Å². The zero-order valence-electron chi connectivity index (χ0n) is 9.33. The summed E-state index contributed by atoms with van der Waals surface area (Å²) < 4.78 is 0. The molecule has 0 bridgehead atoms. The van der Waals surface area contributed by atoms with E-state index in [0.717, 1.165) is 12.8 Å². The third kappa shape index (κ3) is 2.85. The summed E-state index contributed by atoms with van der Waals surface area (Å²) in [6, 6.07) is 8.39. The molecule has 0 saturated heterocycles. The zero-order valence-corrected chi connectivity index (χ0v) is 9.33. The van der Waals surface area contributed by atoms with Crippen molar-refractivity contribution in [2.45, 2.75) is 45.6 Å². The maximum atomic E-state index is 9.86. The largest absolute Gasteiger partial charge is 0.393 e. The molecule has 0 aliphatic rings. The average molecular weight is 192 g/mol. The normalized spacial score (nSPS) is 15.1. The Morgan fingerprint density at radius 2 is 2.07 bits per heavy atom. The lowest BCUT2D eigenvalue weighted by Gasteiger charge is -2.18. The first-order valence-electron chi connectivity index (χ1n) is 5.39. The molecule has 14 heavy (non-hydrogen) atoms. The van der Waals surface area contributed by atoms with Gasteiger partial charge in [-0.1, -0.05) is 50.1 Å². The van der Waals surface area contributed by atoms with Crippen molar-refractivity contribution in [3.63, 3.8) is 0 Å². The molecule has 1 aromatic carbocycles. The van der Waals surface area contributed by atoms with Crippen LogP contribution in [0.1, 0.15) is 43.7 Å². The Hall–Kier alpha value is -0.820. The fourth-order valence-electron chi connectivity index (χ4n) is 1.72. The number of aliphatic hydroxyl groups excluding tert-OH is 1. The molecule has 0 heterocycles. The first kappa shape index (κ1) is 11.3. The zero-order chi connectivity index (χ0) is 10.6. The molecule has 0 aliphatic heterocycles. The number of hydrogen-bond acceptors (Lipinski definition) is 1. The second-order valence-electron chi connectivity index (χ2n) is 4.06. The molecule has 78 valence electrons. The molecular weight excluding hydrogens is 172 g/mol. The molecule has 1 heteroatoms. The fourth-order valence-corrected chi connectivity index (χ4v) is 1.72. The van der Waals surface area contributed by atoms with E-state index in [2.05, 4.69) is 45.0 Å². The van der Waals surface area contributed by atoms with Crippen molar-refractivity contribution in [1.29, 1.82) is 0 Å². The topological polar surface area (TPSA) is 20.2 Å². The summed E-state index contributed by atoms with van der Waals surface area (Å²) in [6.07, 6.45) is 1.72. The van der Waals surface area contributed by atoms with Gasteiger partial charge < -0.3 is 5.11 Å². The third-order valence-corrected chi connectivity index (χ3v) is 2.73. The smallest absolute Gasteiger partial charge is 0.0606 e. The van der Waals surface area contributed by atoms with Gasteiger partial charge in [0.15, 0.2) is 0 Å². The van der Waals surface area contributed by atoms with Crippen LogP contribution in [-0.4, -0.2) is 11.2 Å². The molecule has 1 rings (SSSR count). The van der Waals surface area contributed by atoms with Crippen LogP contribution in [0.15, 0.2) is 24.3 Å². The fraction of sp³-hybridized carbons (Fsp3) is 0.538. The van der Waals surface area contributed by atoms with Crippen LogP contribution in [0.2, 0.25) is 0 Å². The lowest BCUT2D eigenvalue weighted by molar-refractivity contribution is 0.138. The Bertz CT molecular complexity index is 280. The molecule has 0 spiro atoms. The highest BCUT2D eigenvalue weighted by molar-refractivity contribution is 5.25. The molecule has 1 aromatic rings. The summed E-state index contributed by atoms with van der Waals surface area (Å²) in [4.78, 5) is 0. The number of benzene rings is 1. The molecule has 0 amide bonds. The van der Waals surface area contributed by atoms with Crippen molar-refractivity contribution in [2.75, 3.05) is 0 Å². The molecule has 0 saturated carbocycles. The highest BCUT2D eigenvalue weighted by atomic mass is 16.3. The molecule has 0 radical (unpaired) electrons. The van der Waals surface area contributed by atoms with E-state index >= 15 is 0 Å². The van der Waals surface area contributed by atoms with Gasteiger partial charge in [-0.15, -0.1) is 0 Å². The van der Waals surface area contributed by atoms with Crippen LogP contribution >= 0.6 is 0 Å². The minimum absolute atomic E-state index is 0.207. The van der Waals surface area contributed by atoms with E-state index in [4.69, 9.17) is 0 Å². The van der Waals surface area contributed by atoms with Gasteiger partial charge in [-0.3, -0.25) is 0 Å². The van der Waals surface area contributed by atoms with Gasteiger partial charge in [0.1, 0.15) is 0 Å². The van der Waals surface area contributed by atoms with Gasteiger partial charge in [0, 0.05) is 5.92 Å². The number of aryl methyl sites for hydroxylation is 1. The Balaban J connectivity index is 2.73. The van der Waals surface area contributed by atoms with Crippen LogP contribution in [0, 0.1) is 6.92 Å². The molecule has 0 unspecified atom stereocenters. The molecule has 1 N–H and O–H groups in total. The first-order chi connectivity index (χ1) is 6.65. The van der Waals surface area contributed by atoms with Crippen molar-refractivity contribution < 1.29 is 5.11 Å². The van der Waals surface area contributed by atoms with Crippen LogP contribution in [0.5, 0.6) is 0 Å². The summed E-state index contributed by atoms with van der Waals surface area (Å²) in [6.45, 7) is 6.28. The van der Waals surface area contributed by atoms with Gasteiger partial charge in [-0.25, -0.2) is 0 Å². The molecule has 0 fully saturated rings. The quantitative estimate of drug-likeness (QED) is 0.776. The SMILES string of the molecule is CCC[C@@H](O)[C@H](C)c1cccc(C)c1. The second kappa shape index (κ2) is 5.16. The van der Waals surface area contributed by atoms with Crippen molar-refractivity contribution in [1.82, 2.24) is 0 Å². The van der Waals surface area contributed by atoms with E-state index in [1.54, 1.807) is 0 Å². The molecule has 2 atom stereocenters. The summed E-state index contributed by atoms with van der Waals surface area (Å²) in [7, 11) is 0. The number of rotatable bonds is 4. The summed E-state index contributed by atoms with van der Waals surface area (Å²) in [5.41, 5.74) is 2.50. The van der Waals surface area contributed by atoms with Crippen LogP contribution < -0.4 is 0 Å². The monoisotopic (exact) mass is 192 g/mol. The van der Waals surface area contributed by atoms with Crippen molar-refractivity contribution in [3.8, 4) is 0 Å². The number of aliphatic hydroxyl groups is 1. The minimum atomic E-state index is -0.207. The standard InChI is InChI=1S/C13H20O/c1-4-6-13(14)11(3)12-8-5-7-10(2)9-12/h5,7-9,11,13-14H,4,6H2,1-3H3/t11-,13-/m1/s1. The van der Waals surface area contributed by atoms with E-state index in [9.17, 15) is 5.11 Å². The van der Waals surface area contributed by atoms with E-state index in [0.29, 0.717) is 0 Å². The minimum Gasteiger partial charge on any atom is -0.393 e. The van der Waals surface area contributed by atoms with E-state index in [1.807, 2.05) is 0 Å². The summed E-state index contributed by atoms with van der Waals surface area (Å²) >= 11 is 0. The van der Waals surface area contributed by atoms with Gasteiger partial charge in [0.05, 0.1) is 6.10 Å². The summed E-state index contributed by atoms with van der Waals surface area (Å²) in [5, 5.41) is 9.86. The number of hydrogen-bond donors (Lipinski definition) is 1. The Labute approximate surface area is 86.8 Å². The third-order valence-electron chi connectivity index (χ3n) is 2.73. The van der Waals surface area contributed by atoms with E-state index < -0.39 is 0 Å². The van der Waals surface area contributed by atoms with Gasteiger partial charge in [-0.05, 0) is 18.9 Å². The van der Waals surface area contributed by atoms with Crippen molar-refractivity contribution in [3.05, 3.63) is 35.4 Å². The molecule has 0 aliphatic carbocycles. The summed E-state index contributed by atoms with van der Waals surface area (Å²) in [5.74, 6) is 0.245. The average Bonchev–Trinajstić information content (AvgIpc) is 2.17. The predicted octanol–water partition coefficient (Wildman–Crippen LogP) is 3.26. The Morgan fingerprint density at radius 3 is 2.64 bits per heavy atom. The van der Waals surface area contributed by atoms with Crippen LogP contribution in [0.25, 0.3) is 0 Å². The molecular formula is C13H20O. The molecule has 0 aromatic heterocycles. The maximum absolute atomic E-state index is 9.86. The lowest BCUT2D eigenvalue weighted by Crippen LogP contribution is -2.15. The van der Waals surface area contributed by atoms with Crippen molar-refractivity contribution in [2.24, 2.45) is 0 Å². The van der Waals surface area contributed by atoms with Gasteiger partial charge in [0.2, 0.25) is 0 Å². The lowest BCUT2D eigenvalue weighted by atomic mass is 9.92. The van der Waals surface area contributed by atoms with Crippen LogP contribution in [0.3, 0.4) is 0 Å². The highest BCUT2D eigenvalue weighted by Crippen LogP contribution is 2.22. The van der Waals surface area contributed by atoms with Crippen LogP contribution in [0.4, 0.5) is 0 Å². The van der Waals surface area contributed by atoms with Crippen molar-refractivity contribution >= 4 is 0 Å². The maximum Gasteiger partial charge on any atom is 0.0606 e.